The van der Waals surface area contributed by atoms with Gasteiger partial charge in [0.15, 0.2) is 0 Å². The molecule has 1 heteroatoms. The second-order valence-corrected chi connectivity index (χ2v) is 5.22. The van der Waals surface area contributed by atoms with Crippen molar-refractivity contribution in [1.29, 1.82) is 0 Å². The number of aryl methyl sites for hydroxylation is 1. The Morgan fingerprint density at radius 3 is 2.72 bits per heavy atom. The summed E-state index contributed by atoms with van der Waals surface area (Å²) >= 11 is 0. The van der Waals surface area contributed by atoms with E-state index in [1.54, 1.807) is 0 Å². The third-order valence-electron chi connectivity index (χ3n) is 2.86. The van der Waals surface area contributed by atoms with E-state index in [0.29, 0.717) is 12.3 Å². The fourth-order valence-corrected chi connectivity index (χ4v) is 2.05. The van der Waals surface area contributed by atoms with Crippen LogP contribution in [0, 0.1) is 5.92 Å². The van der Waals surface area contributed by atoms with Crippen LogP contribution in [0.15, 0.2) is 42.5 Å². The standard InChI is InChI=1S/C17H23F/c1-13(2)10-14(3)11-15(4)17-7-5-6-16(12-17)8-9-18/h5-7,11-13H,3,8-10H2,1-2,4H3/b15-11+. The summed E-state index contributed by atoms with van der Waals surface area (Å²) in [6.07, 6.45) is 3.64. The highest BCUT2D eigenvalue weighted by Crippen LogP contribution is 2.20. The van der Waals surface area contributed by atoms with Crippen molar-refractivity contribution in [3.8, 4) is 0 Å². The summed E-state index contributed by atoms with van der Waals surface area (Å²) in [6.45, 7) is 10.2. The molecule has 0 N–H and O–H groups in total. The molecule has 0 saturated carbocycles. The molecule has 0 heterocycles. The zero-order valence-electron chi connectivity index (χ0n) is 11.7. The largest absolute Gasteiger partial charge is 0.251 e. The predicted molar refractivity (Wildman–Crippen MR) is 78.4 cm³/mol. The van der Waals surface area contributed by atoms with Crippen LogP contribution in [0.1, 0.15) is 38.3 Å². The van der Waals surface area contributed by atoms with Crippen molar-refractivity contribution in [2.45, 2.75) is 33.6 Å². The van der Waals surface area contributed by atoms with Gasteiger partial charge in [-0.1, -0.05) is 56.3 Å². The van der Waals surface area contributed by atoms with Crippen LogP contribution in [0.3, 0.4) is 0 Å². The Hall–Kier alpha value is -1.37. The minimum atomic E-state index is -0.299. The lowest BCUT2D eigenvalue weighted by Crippen LogP contribution is -1.91. The summed E-state index contributed by atoms with van der Waals surface area (Å²) in [5.41, 5.74) is 4.56. The van der Waals surface area contributed by atoms with Crippen LogP contribution in [-0.2, 0) is 6.42 Å². The second-order valence-electron chi connectivity index (χ2n) is 5.22. The van der Waals surface area contributed by atoms with Crippen LogP contribution in [0.25, 0.3) is 5.57 Å². The normalized spacial score (nSPS) is 11.9. The molecule has 1 rings (SSSR count). The first-order chi connectivity index (χ1) is 8.52. The van der Waals surface area contributed by atoms with Crippen molar-refractivity contribution in [2.75, 3.05) is 6.67 Å². The van der Waals surface area contributed by atoms with Gasteiger partial charge in [0.05, 0.1) is 6.67 Å². The van der Waals surface area contributed by atoms with E-state index in [4.69, 9.17) is 0 Å². The number of hydrogen-bond donors (Lipinski definition) is 0. The third kappa shape index (κ3) is 4.87. The van der Waals surface area contributed by atoms with E-state index in [2.05, 4.69) is 45.6 Å². The van der Waals surface area contributed by atoms with Crippen molar-refractivity contribution in [1.82, 2.24) is 0 Å². The van der Waals surface area contributed by atoms with Crippen LogP contribution < -0.4 is 0 Å². The fourth-order valence-electron chi connectivity index (χ4n) is 2.05. The molecule has 0 aromatic heterocycles. The highest BCUT2D eigenvalue weighted by molar-refractivity contribution is 5.66. The number of rotatable bonds is 6. The van der Waals surface area contributed by atoms with E-state index >= 15 is 0 Å². The molecule has 98 valence electrons. The van der Waals surface area contributed by atoms with Crippen LogP contribution in [0.2, 0.25) is 0 Å². The van der Waals surface area contributed by atoms with Crippen LogP contribution in [0.5, 0.6) is 0 Å². The average Bonchev–Trinajstić information content (AvgIpc) is 2.28. The molecule has 1 aromatic rings. The van der Waals surface area contributed by atoms with Gasteiger partial charge in [0, 0.05) is 6.42 Å². The Morgan fingerprint density at radius 1 is 1.39 bits per heavy atom. The number of benzene rings is 1. The molecule has 0 unspecified atom stereocenters. The minimum Gasteiger partial charge on any atom is -0.251 e. The summed E-state index contributed by atoms with van der Waals surface area (Å²) in [6, 6.07) is 8.09. The quantitative estimate of drug-likeness (QED) is 0.605. The Labute approximate surface area is 110 Å². The molecular weight excluding hydrogens is 223 g/mol. The van der Waals surface area contributed by atoms with Gasteiger partial charge in [-0.25, -0.2) is 0 Å². The smallest absolute Gasteiger partial charge is 0.0934 e. The van der Waals surface area contributed by atoms with Gasteiger partial charge >= 0.3 is 0 Å². The number of allylic oxidation sites excluding steroid dienone is 3. The van der Waals surface area contributed by atoms with Gasteiger partial charge in [0.2, 0.25) is 0 Å². The highest BCUT2D eigenvalue weighted by Gasteiger charge is 2.01. The molecule has 0 aliphatic heterocycles. The summed E-state index contributed by atoms with van der Waals surface area (Å²) < 4.78 is 12.3. The van der Waals surface area contributed by atoms with Gasteiger partial charge in [-0.05, 0) is 36.0 Å². The molecule has 0 amide bonds. The maximum atomic E-state index is 12.3. The van der Waals surface area contributed by atoms with Crippen molar-refractivity contribution in [3.63, 3.8) is 0 Å². The van der Waals surface area contributed by atoms with E-state index in [1.165, 1.54) is 5.57 Å². The van der Waals surface area contributed by atoms with Gasteiger partial charge in [-0.2, -0.15) is 0 Å². The number of halogens is 1. The van der Waals surface area contributed by atoms with E-state index < -0.39 is 0 Å². The molecular formula is C17H23F. The fraction of sp³-hybridized carbons (Fsp3) is 0.412. The molecule has 0 bridgehead atoms. The van der Waals surface area contributed by atoms with Gasteiger partial charge in [-0.15, -0.1) is 0 Å². The predicted octanol–water partition coefficient (Wildman–Crippen LogP) is 5.20. The second kappa shape index (κ2) is 7.15. The summed E-state index contributed by atoms with van der Waals surface area (Å²) in [5.74, 6) is 0.624. The summed E-state index contributed by atoms with van der Waals surface area (Å²) in [7, 11) is 0. The van der Waals surface area contributed by atoms with E-state index in [0.717, 1.165) is 23.1 Å². The molecule has 18 heavy (non-hydrogen) atoms. The van der Waals surface area contributed by atoms with Gasteiger partial charge in [0.1, 0.15) is 0 Å². The first-order valence-electron chi connectivity index (χ1n) is 6.54. The van der Waals surface area contributed by atoms with Crippen molar-refractivity contribution in [2.24, 2.45) is 5.92 Å². The van der Waals surface area contributed by atoms with Crippen LogP contribution in [-0.4, -0.2) is 6.67 Å². The minimum absolute atomic E-state index is 0.299. The molecule has 0 nitrogen and oxygen atoms in total. The molecule has 0 saturated heterocycles. The maximum absolute atomic E-state index is 12.3. The Kier molecular flexibility index (Phi) is 5.84. The van der Waals surface area contributed by atoms with E-state index in [1.807, 2.05) is 12.1 Å². The molecule has 0 aliphatic rings. The average molecular weight is 246 g/mol. The molecule has 0 spiro atoms. The molecule has 0 fully saturated rings. The summed E-state index contributed by atoms with van der Waals surface area (Å²) in [5, 5.41) is 0. The monoisotopic (exact) mass is 246 g/mol. The molecule has 1 aromatic carbocycles. The van der Waals surface area contributed by atoms with E-state index in [9.17, 15) is 4.39 Å². The zero-order chi connectivity index (χ0) is 13.5. The SMILES string of the molecule is C=C(/C=C(\C)c1cccc(CCF)c1)CC(C)C. The lowest BCUT2D eigenvalue weighted by atomic mass is 9.98. The Morgan fingerprint density at radius 2 is 2.11 bits per heavy atom. The number of alkyl halides is 1. The van der Waals surface area contributed by atoms with Gasteiger partial charge in [0.25, 0.3) is 0 Å². The Bertz CT molecular complexity index is 427. The zero-order valence-corrected chi connectivity index (χ0v) is 11.7. The van der Waals surface area contributed by atoms with Crippen LogP contribution in [0.4, 0.5) is 4.39 Å². The topological polar surface area (TPSA) is 0 Å². The molecule has 0 aliphatic carbocycles. The third-order valence-corrected chi connectivity index (χ3v) is 2.86. The van der Waals surface area contributed by atoms with Crippen molar-refractivity contribution in [3.05, 3.63) is 53.6 Å². The van der Waals surface area contributed by atoms with Crippen LogP contribution >= 0.6 is 0 Å². The molecule has 0 atom stereocenters. The first kappa shape index (κ1) is 14.7. The lowest BCUT2D eigenvalue weighted by Gasteiger charge is -2.08. The number of hydrogen-bond acceptors (Lipinski definition) is 0. The summed E-state index contributed by atoms with van der Waals surface area (Å²) in [4.78, 5) is 0. The van der Waals surface area contributed by atoms with E-state index in [-0.39, 0.29) is 6.67 Å². The van der Waals surface area contributed by atoms with Gasteiger partial charge in [-0.3, -0.25) is 4.39 Å². The van der Waals surface area contributed by atoms with Crippen molar-refractivity contribution >= 4 is 5.57 Å². The molecule has 0 radical (unpaired) electrons. The highest BCUT2D eigenvalue weighted by atomic mass is 19.1. The van der Waals surface area contributed by atoms with Crippen molar-refractivity contribution < 1.29 is 4.39 Å². The van der Waals surface area contributed by atoms with Gasteiger partial charge < -0.3 is 0 Å². The first-order valence-corrected chi connectivity index (χ1v) is 6.54. The lowest BCUT2D eigenvalue weighted by molar-refractivity contribution is 0.495. The Balaban J connectivity index is 2.82. The maximum Gasteiger partial charge on any atom is 0.0934 e.